The molecular formula is C25H21ClF2N2O2. The molecule has 7 heteroatoms. The van der Waals surface area contributed by atoms with Crippen molar-refractivity contribution in [3.05, 3.63) is 72.6 Å². The number of fused-ring (bicyclic) bond motifs is 2. The van der Waals surface area contributed by atoms with Gasteiger partial charge >= 0.3 is 5.57 Å². The van der Waals surface area contributed by atoms with Gasteiger partial charge in [-0.25, -0.2) is 0 Å². The molecule has 1 saturated carbocycles. The van der Waals surface area contributed by atoms with E-state index in [0.717, 1.165) is 54.5 Å². The Morgan fingerprint density at radius 1 is 1.00 bits per heavy atom. The number of carbonyl (C=O) groups excluding carboxylic acids is 1. The van der Waals surface area contributed by atoms with E-state index in [4.69, 9.17) is 11.6 Å². The summed E-state index contributed by atoms with van der Waals surface area (Å²) in [4.78, 5) is 20.0. The molecule has 1 spiro atoms. The molecule has 5 rings (SSSR count). The summed E-state index contributed by atoms with van der Waals surface area (Å²) in [6, 6.07) is 15.8. The Hall–Kier alpha value is -2.99. The van der Waals surface area contributed by atoms with Crippen LogP contribution in [0.3, 0.4) is 0 Å². The van der Waals surface area contributed by atoms with Crippen LogP contribution in [0, 0.1) is 0 Å². The average molecular weight is 455 g/mol. The highest BCUT2D eigenvalue weighted by atomic mass is 35.5. The second kappa shape index (κ2) is 7.85. The predicted molar refractivity (Wildman–Crippen MR) is 119 cm³/mol. The number of aromatic nitrogens is 1. The van der Waals surface area contributed by atoms with E-state index in [0.29, 0.717) is 5.69 Å². The van der Waals surface area contributed by atoms with Gasteiger partial charge in [-0.3, -0.25) is 14.7 Å². The predicted octanol–water partition coefficient (Wildman–Crippen LogP) is 6.80. The number of rotatable bonds is 4. The van der Waals surface area contributed by atoms with Crippen molar-refractivity contribution in [1.82, 2.24) is 4.98 Å². The Balaban J connectivity index is 1.64. The van der Waals surface area contributed by atoms with Crippen molar-refractivity contribution in [2.45, 2.75) is 43.1 Å². The lowest BCUT2D eigenvalue weighted by atomic mass is 9.68. The maximum Gasteiger partial charge on any atom is 0.487 e. The Morgan fingerprint density at radius 3 is 2.41 bits per heavy atom. The van der Waals surface area contributed by atoms with Crippen molar-refractivity contribution in [3.63, 3.8) is 0 Å². The molecule has 2 heterocycles. The molecule has 0 N–H and O–H groups in total. The fourth-order valence-corrected chi connectivity index (χ4v) is 5.18. The van der Waals surface area contributed by atoms with Crippen molar-refractivity contribution >= 4 is 28.9 Å². The largest absolute Gasteiger partial charge is 0.487 e. The third-order valence-electron chi connectivity index (χ3n) is 6.38. The number of ether oxygens (including phenoxy) is 1. The van der Waals surface area contributed by atoms with Crippen LogP contribution >= 0.6 is 11.6 Å². The number of nitrogens with zero attached hydrogens (tertiary/aromatic N) is 2. The molecule has 32 heavy (non-hydrogen) atoms. The number of alkyl halides is 3. The number of hydrogen-bond acceptors (Lipinski definition) is 3. The minimum absolute atomic E-state index is 0.0277. The van der Waals surface area contributed by atoms with Crippen molar-refractivity contribution in [1.29, 1.82) is 0 Å². The highest BCUT2D eigenvalue weighted by Crippen LogP contribution is 2.55. The van der Waals surface area contributed by atoms with Crippen LogP contribution in [0.25, 0.3) is 11.1 Å². The Bertz CT molecular complexity index is 1140. The van der Waals surface area contributed by atoms with Crippen molar-refractivity contribution in [3.8, 4) is 16.9 Å². The molecule has 1 fully saturated rings. The molecule has 164 valence electrons. The number of carbonyl (C=O) groups is 1. The van der Waals surface area contributed by atoms with Crippen LogP contribution in [0.1, 0.15) is 37.7 Å². The number of benzene rings is 2. The summed E-state index contributed by atoms with van der Waals surface area (Å²) >= 11 is 4.87. The second-order valence-corrected chi connectivity index (χ2v) is 8.71. The van der Waals surface area contributed by atoms with Gasteiger partial charge in [0.1, 0.15) is 5.75 Å². The number of pyridine rings is 1. The second-order valence-electron chi connectivity index (χ2n) is 8.27. The zero-order valence-electron chi connectivity index (χ0n) is 17.2. The first kappa shape index (κ1) is 20.9. The summed E-state index contributed by atoms with van der Waals surface area (Å²) in [7, 11) is 0. The van der Waals surface area contributed by atoms with Crippen LogP contribution in [-0.4, -0.2) is 16.5 Å². The monoisotopic (exact) mass is 454 g/mol. The Labute approximate surface area is 189 Å². The lowest BCUT2D eigenvalue weighted by molar-refractivity contribution is -0.123. The lowest BCUT2D eigenvalue weighted by Gasteiger charge is -2.33. The van der Waals surface area contributed by atoms with E-state index in [1.165, 1.54) is 12.1 Å². The van der Waals surface area contributed by atoms with Crippen molar-refractivity contribution in [2.75, 3.05) is 4.90 Å². The smallest absolute Gasteiger partial charge is 0.420 e. The third kappa shape index (κ3) is 3.52. The average Bonchev–Trinajstić information content (AvgIpc) is 3.02. The van der Waals surface area contributed by atoms with E-state index in [2.05, 4.69) is 9.72 Å². The first-order valence-corrected chi connectivity index (χ1v) is 11.0. The summed E-state index contributed by atoms with van der Waals surface area (Å²) in [5, 5.41) is 0. The third-order valence-corrected chi connectivity index (χ3v) is 6.46. The van der Waals surface area contributed by atoms with Gasteiger partial charge in [0.05, 0.1) is 11.1 Å². The minimum atomic E-state index is -3.79. The molecular weight excluding hydrogens is 434 g/mol. The topological polar surface area (TPSA) is 42.4 Å². The van der Waals surface area contributed by atoms with Crippen LogP contribution in [0.2, 0.25) is 0 Å². The van der Waals surface area contributed by atoms with Gasteiger partial charge in [0, 0.05) is 35.2 Å². The van der Waals surface area contributed by atoms with Crippen LogP contribution < -0.4 is 9.64 Å². The summed E-state index contributed by atoms with van der Waals surface area (Å²) in [5.74, 6) is -0.0445. The van der Waals surface area contributed by atoms with E-state index in [1.54, 1.807) is 23.2 Å². The minimum Gasteiger partial charge on any atom is -0.420 e. The molecule has 0 bridgehead atoms. The Kier molecular flexibility index (Phi) is 5.13. The van der Waals surface area contributed by atoms with Crippen LogP contribution in [-0.2, 0) is 10.2 Å². The van der Waals surface area contributed by atoms with Gasteiger partial charge in [-0.2, -0.15) is 0 Å². The SMILES string of the molecule is O=C1N(c2ccc(OC(F)(F)Cl)cc2)c2cccc(-c3cccnc3)c2C12CCCCC2. The molecule has 1 aromatic heterocycles. The molecule has 4 nitrogen and oxygen atoms in total. The molecule has 0 unspecified atom stereocenters. The standard InChI is InChI=1S/C25H21ClF2N2O2/c26-25(27,28)32-19-11-9-18(10-12-19)30-21-8-4-7-20(17-6-5-15-29-16-17)22(21)24(23(30)31)13-2-1-3-14-24/h4-12,15-16H,1-3,13-14H2. The highest BCUT2D eigenvalue weighted by Gasteiger charge is 2.52. The van der Waals surface area contributed by atoms with Crippen molar-refractivity contribution in [2.24, 2.45) is 0 Å². The number of amides is 1. The molecule has 1 amide bonds. The van der Waals surface area contributed by atoms with E-state index in [-0.39, 0.29) is 11.7 Å². The van der Waals surface area contributed by atoms with Gasteiger partial charge < -0.3 is 4.74 Å². The summed E-state index contributed by atoms with van der Waals surface area (Å²) < 4.78 is 30.4. The fourth-order valence-electron chi connectivity index (χ4n) is 5.09. The molecule has 1 aliphatic carbocycles. The van der Waals surface area contributed by atoms with Crippen LogP contribution in [0.4, 0.5) is 20.2 Å². The fraction of sp³-hybridized carbons (Fsp3) is 0.280. The molecule has 2 aromatic carbocycles. The zero-order chi connectivity index (χ0) is 22.3. The van der Waals surface area contributed by atoms with Crippen LogP contribution in [0.15, 0.2) is 67.0 Å². The maximum atomic E-state index is 14.0. The summed E-state index contributed by atoms with van der Waals surface area (Å²) in [6.45, 7) is 0. The highest BCUT2D eigenvalue weighted by molar-refractivity contribution is 6.20. The molecule has 0 atom stereocenters. The van der Waals surface area contributed by atoms with E-state index in [1.807, 2.05) is 36.5 Å². The molecule has 1 aliphatic heterocycles. The first-order valence-electron chi connectivity index (χ1n) is 10.6. The van der Waals surface area contributed by atoms with Gasteiger partial charge in [0.15, 0.2) is 0 Å². The number of hydrogen-bond donors (Lipinski definition) is 0. The maximum absolute atomic E-state index is 14.0. The molecule has 3 aromatic rings. The van der Waals surface area contributed by atoms with Gasteiger partial charge in [-0.05, 0) is 60.4 Å². The Morgan fingerprint density at radius 2 is 1.75 bits per heavy atom. The zero-order valence-corrected chi connectivity index (χ0v) is 18.0. The van der Waals surface area contributed by atoms with Gasteiger partial charge in [0.2, 0.25) is 5.91 Å². The quantitative estimate of drug-likeness (QED) is 0.407. The van der Waals surface area contributed by atoms with Gasteiger partial charge in [0.25, 0.3) is 0 Å². The first-order chi connectivity index (χ1) is 15.4. The normalized spacial score (nSPS) is 17.5. The number of anilines is 2. The van der Waals surface area contributed by atoms with E-state index < -0.39 is 11.0 Å². The summed E-state index contributed by atoms with van der Waals surface area (Å²) in [5.41, 5.74) is 0.0556. The van der Waals surface area contributed by atoms with Gasteiger partial charge in [-0.15, -0.1) is 8.78 Å². The van der Waals surface area contributed by atoms with Crippen LogP contribution in [0.5, 0.6) is 5.75 Å². The number of halogens is 3. The molecule has 2 aliphatic rings. The molecule has 0 saturated heterocycles. The van der Waals surface area contributed by atoms with Crippen molar-refractivity contribution < 1.29 is 18.3 Å². The van der Waals surface area contributed by atoms with E-state index in [9.17, 15) is 13.6 Å². The van der Waals surface area contributed by atoms with E-state index >= 15 is 0 Å². The van der Waals surface area contributed by atoms with Gasteiger partial charge in [-0.1, -0.05) is 37.5 Å². The lowest BCUT2D eigenvalue weighted by Crippen LogP contribution is -2.40. The molecule has 0 radical (unpaired) electrons. The summed E-state index contributed by atoms with van der Waals surface area (Å²) in [6.07, 6.45) is 8.19.